The molecule has 0 saturated carbocycles. The lowest BCUT2D eigenvalue weighted by Crippen LogP contribution is -2.14. The Balaban J connectivity index is 1.84. The summed E-state index contributed by atoms with van der Waals surface area (Å²) in [7, 11) is 0. The van der Waals surface area contributed by atoms with Gasteiger partial charge >= 0.3 is 0 Å². The fraction of sp³-hybridized carbons (Fsp3) is 0.333. The SMILES string of the molecule is CCCCCNCc1cn(Cc2c(Cl)cccc2Cl)c2ccccc12. The zero-order valence-corrected chi connectivity index (χ0v) is 16.1. The highest BCUT2D eigenvalue weighted by Gasteiger charge is 2.11. The van der Waals surface area contributed by atoms with Crippen LogP contribution in [0.5, 0.6) is 0 Å². The number of halogens is 2. The van der Waals surface area contributed by atoms with Crippen LogP contribution in [0.25, 0.3) is 10.9 Å². The van der Waals surface area contributed by atoms with Crippen molar-refractivity contribution in [1.82, 2.24) is 9.88 Å². The Morgan fingerprint density at radius 3 is 2.48 bits per heavy atom. The Hall–Kier alpha value is -1.48. The van der Waals surface area contributed by atoms with Gasteiger partial charge in [-0.05, 0) is 36.7 Å². The van der Waals surface area contributed by atoms with E-state index in [0.717, 1.165) is 18.7 Å². The second-order valence-electron chi connectivity index (χ2n) is 6.38. The van der Waals surface area contributed by atoms with Crippen LogP contribution in [-0.2, 0) is 13.1 Å². The molecule has 0 aliphatic heterocycles. The van der Waals surface area contributed by atoms with Crippen molar-refractivity contribution in [1.29, 1.82) is 0 Å². The molecule has 0 fully saturated rings. The predicted octanol–water partition coefficient (Wildman–Crippen LogP) is 6.28. The number of rotatable bonds is 8. The molecule has 0 bridgehead atoms. The molecule has 3 rings (SSSR count). The van der Waals surface area contributed by atoms with Gasteiger partial charge in [0.1, 0.15) is 0 Å². The molecule has 1 heterocycles. The molecule has 0 spiro atoms. The van der Waals surface area contributed by atoms with Crippen molar-refractivity contribution in [2.75, 3.05) is 6.54 Å². The van der Waals surface area contributed by atoms with Crippen LogP contribution in [0.2, 0.25) is 10.0 Å². The third-order valence-corrected chi connectivity index (χ3v) is 5.24. The first-order chi connectivity index (χ1) is 12.2. The molecule has 0 aliphatic carbocycles. The first kappa shape index (κ1) is 18.3. The van der Waals surface area contributed by atoms with Gasteiger partial charge < -0.3 is 9.88 Å². The van der Waals surface area contributed by atoms with Gasteiger partial charge in [0.15, 0.2) is 0 Å². The summed E-state index contributed by atoms with van der Waals surface area (Å²) >= 11 is 12.7. The third-order valence-electron chi connectivity index (χ3n) is 4.53. The van der Waals surface area contributed by atoms with Crippen molar-refractivity contribution in [2.45, 2.75) is 39.3 Å². The summed E-state index contributed by atoms with van der Waals surface area (Å²) in [6.45, 7) is 4.85. The molecule has 1 N–H and O–H groups in total. The van der Waals surface area contributed by atoms with Crippen molar-refractivity contribution in [2.24, 2.45) is 0 Å². The smallest absolute Gasteiger partial charge is 0.0505 e. The van der Waals surface area contributed by atoms with E-state index in [1.54, 1.807) is 0 Å². The monoisotopic (exact) mass is 374 g/mol. The summed E-state index contributed by atoms with van der Waals surface area (Å²) in [6.07, 6.45) is 5.97. The molecule has 0 atom stereocenters. The van der Waals surface area contributed by atoms with Gasteiger partial charge in [0.25, 0.3) is 0 Å². The topological polar surface area (TPSA) is 17.0 Å². The normalized spacial score (nSPS) is 11.3. The summed E-state index contributed by atoms with van der Waals surface area (Å²) < 4.78 is 2.24. The Kier molecular flexibility index (Phi) is 6.41. The molecule has 132 valence electrons. The van der Waals surface area contributed by atoms with Crippen molar-refractivity contribution in [3.63, 3.8) is 0 Å². The molecule has 0 amide bonds. The second kappa shape index (κ2) is 8.75. The second-order valence-corrected chi connectivity index (χ2v) is 7.20. The van der Waals surface area contributed by atoms with Crippen molar-refractivity contribution in [3.05, 3.63) is 69.8 Å². The Morgan fingerprint density at radius 2 is 1.72 bits per heavy atom. The lowest BCUT2D eigenvalue weighted by molar-refractivity contribution is 0.617. The van der Waals surface area contributed by atoms with E-state index in [1.165, 1.54) is 35.7 Å². The van der Waals surface area contributed by atoms with Crippen LogP contribution in [0.1, 0.15) is 37.3 Å². The van der Waals surface area contributed by atoms with E-state index in [0.29, 0.717) is 16.6 Å². The number of fused-ring (bicyclic) bond motifs is 1. The van der Waals surface area contributed by atoms with Gasteiger partial charge in [-0.3, -0.25) is 0 Å². The first-order valence-corrected chi connectivity index (χ1v) is 9.66. The Labute approximate surface area is 159 Å². The predicted molar refractivity (Wildman–Crippen MR) is 109 cm³/mol. The molecule has 0 saturated heterocycles. The van der Waals surface area contributed by atoms with Gasteiger partial charge in [0.05, 0.1) is 6.54 Å². The van der Waals surface area contributed by atoms with Gasteiger partial charge in [-0.25, -0.2) is 0 Å². The minimum atomic E-state index is 0.675. The van der Waals surface area contributed by atoms with E-state index < -0.39 is 0 Å². The molecular formula is C21H24Cl2N2. The van der Waals surface area contributed by atoms with E-state index >= 15 is 0 Å². The maximum absolute atomic E-state index is 6.36. The fourth-order valence-corrected chi connectivity index (χ4v) is 3.69. The maximum Gasteiger partial charge on any atom is 0.0505 e. The molecule has 25 heavy (non-hydrogen) atoms. The molecule has 0 unspecified atom stereocenters. The van der Waals surface area contributed by atoms with E-state index in [9.17, 15) is 0 Å². The number of hydrogen-bond acceptors (Lipinski definition) is 1. The summed E-state index contributed by atoms with van der Waals surface area (Å²) in [4.78, 5) is 0. The van der Waals surface area contributed by atoms with E-state index in [2.05, 4.69) is 47.3 Å². The van der Waals surface area contributed by atoms with Crippen LogP contribution >= 0.6 is 23.2 Å². The highest BCUT2D eigenvalue weighted by Crippen LogP contribution is 2.28. The van der Waals surface area contributed by atoms with Crippen LogP contribution in [0, 0.1) is 0 Å². The summed E-state index contributed by atoms with van der Waals surface area (Å²) in [6, 6.07) is 14.2. The van der Waals surface area contributed by atoms with E-state index in [-0.39, 0.29) is 0 Å². The standard InChI is InChI=1S/C21H24Cl2N2/c1-2-3-6-12-24-13-16-14-25(21-11-5-4-8-17(16)21)15-18-19(22)9-7-10-20(18)23/h4-5,7-11,14,24H,2-3,6,12-13,15H2,1H3. The van der Waals surface area contributed by atoms with Gasteiger partial charge in [0.2, 0.25) is 0 Å². The van der Waals surface area contributed by atoms with Crippen LogP contribution in [0.4, 0.5) is 0 Å². The average Bonchev–Trinajstić information content (AvgIpc) is 2.96. The minimum absolute atomic E-state index is 0.675. The summed E-state index contributed by atoms with van der Waals surface area (Å²) in [5.74, 6) is 0. The number of hydrogen-bond donors (Lipinski definition) is 1. The molecule has 1 aromatic heterocycles. The van der Waals surface area contributed by atoms with Gasteiger partial charge in [-0.15, -0.1) is 0 Å². The molecule has 2 aromatic carbocycles. The number of nitrogens with zero attached hydrogens (tertiary/aromatic N) is 1. The van der Waals surface area contributed by atoms with Crippen molar-refractivity contribution in [3.8, 4) is 0 Å². The maximum atomic E-state index is 6.36. The molecule has 2 nitrogen and oxygen atoms in total. The van der Waals surface area contributed by atoms with Crippen LogP contribution in [0.15, 0.2) is 48.7 Å². The Bertz CT molecular complexity index is 819. The number of aromatic nitrogens is 1. The highest BCUT2D eigenvalue weighted by molar-refractivity contribution is 6.36. The van der Waals surface area contributed by atoms with Crippen molar-refractivity contribution >= 4 is 34.1 Å². The first-order valence-electron chi connectivity index (χ1n) is 8.91. The number of nitrogens with one attached hydrogen (secondary N) is 1. The molecule has 0 radical (unpaired) electrons. The van der Waals surface area contributed by atoms with Gasteiger partial charge in [0, 0.05) is 39.3 Å². The number of unbranched alkanes of at least 4 members (excludes halogenated alkanes) is 2. The number of benzene rings is 2. The number of para-hydroxylation sites is 1. The minimum Gasteiger partial charge on any atom is -0.343 e. The van der Waals surface area contributed by atoms with Crippen LogP contribution in [0.3, 0.4) is 0 Å². The van der Waals surface area contributed by atoms with Gasteiger partial charge in [-0.1, -0.05) is 67.2 Å². The lowest BCUT2D eigenvalue weighted by Gasteiger charge is -2.09. The largest absolute Gasteiger partial charge is 0.343 e. The summed E-state index contributed by atoms with van der Waals surface area (Å²) in [5.41, 5.74) is 3.49. The average molecular weight is 375 g/mol. The molecule has 4 heteroatoms. The third kappa shape index (κ3) is 4.38. The summed E-state index contributed by atoms with van der Waals surface area (Å²) in [5, 5.41) is 6.27. The lowest BCUT2D eigenvalue weighted by atomic mass is 10.1. The molecule has 3 aromatic rings. The molecule has 0 aliphatic rings. The Morgan fingerprint density at radius 1 is 0.960 bits per heavy atom. The zero-order chi connectivity index (χ0) is 17.6. The van der Waals surface area contributed by atoms with Gasteiger partial charge in [-0.2, -0.15) is 0 Å². The quantitative estimate of drug-likeness (QED) is 0.459. The highest BCUT2D eigenvalue weighted by atomic mass is 35.5. The zero-order valence-electron chi connectivity index (χ0n) is 14.6. The molecular weight excluding hydrogens is 351 g/mol. The van der Waals surface area contributed by atoms with E-state index in [1.807, 2.05) is 18.2 Å². The van der Waals surface area contributed by atoms with Crippen molar-refractivity contribution < 1.29 is 0 Å². The van der Waals surface area contributed by atoms with E-state index in [4.69, 9.17) is 23.2 Å². The van der Waals surface area contributed by atoms with Crippen LogP contribution in [-0.4, -0.2) is 11.1 Å². The fourth-order valence-electron chi connectivity index (χ4n) is 3.17. The van der Waals surface area contributed by atoms with Crippen LogP contribution < -0.4 is 5.32 Å².